The summed E-state index contributed by atoms with van der Waals surface area (Å²) in [6, 6.07) is 0.517. The van der Waals surface area contributed by atoms with Crippen molar-refractivity contribution in [2.45, 2.75) is 46.1 Å². The van der Waals surface area contributed by atoms with Crippen molar-refractivity contribution in [3.8, 4) is 5.88 Å². The Morgan fingerprint density at radius 1 is 1.39 bits per heavy atom. The van der Waals surface area contributed by atoms with Gasteiger partial charge in [0.05, 0.1) is 6.61 Å². The number of hydrogen-bond acceptors (Lipinski definition) is 5. The quantitative estimate of drug-likeness (QED) is 0.810. The molecule has 18 heavy (non-hydrogen) atoms. The molecule has 1 fully saturated rings. The fraction of sp³-hybridized carbons (Fsp3) is 0.692. The van der Waals surface area contributed by atoms with Gasteiger partial charge < -0.3 is 15.8 Å². The highest BCUT2D eigenvalue weighted by Crippen LogP contribution is 2.31. The molecule has 1 heterocycles. The summed E-state index contributed by atoms with van der Waals surface area (Å²) in [7, 11) is 0. The van der Waals surface area contributed by atoms with Gasteiger partial charge in [0.15, 0.2) is 5.82 Å². The van der Waals surface area contributed by atoms with Gasteiger partial charge in [-0.1, -0.05) is 13.8 Å². The van der Waals surface area contributed by atoms with E-state index in [9.17, 15) is 0 Å². The summed E-state index contributed by atoms with van der Waals surface area (Å²) in [5, 5.41) is 3.34. The van der Waals surface area contributed by atoms with Crippen LogP contribution in [-0.4, -0.2) is 22.6 Å². The number of nitrogens with two attached hydrogens (primary N) is 1. The minimum Gasteiger partial charge on any atom is -0.476 e. The Bertz CT molecular complexity index is 416. The molecule has 0 bridgehead atoms. The molecule has 0 aromatic carbocycles. The Balaban J connectivity index is 2.26. The van der Waals surface area contributed by atoms with Crippen molar-refractivity contribution in [1.29, 1.82) is 0 Å². The summed E-state index contributed by atoms with van der Waals surface area (Å²) in [6.07, 6.45) is 3.21. The van der Waals surface area contributed by atoms with Crippen LogP contribution in [-0.2, 0) is 6.42 Å². The molecule has 0 saturated heterocycles. The molecule has 0 radical (unpaired) electrons. The van der Waals surface area contributed by atoms with Crippen LogP contribution in [0.25, 0.3) is 0 Å². The van der Waals surface area contributed by atoms with Crippen molar-refractivity contribution in [3.05, 3.63) is 5.82 Å². The van der Waals surface area contributed by atoms with E-state index < -0.39 is 0 Å². The van der Waals surface area contributed by atoms with Crippen LogP contribution < -0.4 is 15.8 Å². The number of hydrogen-bond donors (Lipinski definition) is 2. The largest absolute Gasteiger partial charge is 0.476 e. The predicted octanol–water partition coefficient (Wildman–Crippen LogP) is 2.23. The van der Waals surface area contributed by atoms with E-state index in [-0.39, 0.29) is 0 Å². The van der Waals surface area contributed by atoms with Gasteiger partial charge in [-0.05, 0) is 25.7 Å². The van der Waals surface area contributed by atoms with Crippen molar-refractivity contribution in [1.82, 2.24) is 9.97 Å². The Morgan fingerprint density at radius 3 is 2.67 bits per heavy atom. The number of aromatic nitrogens is 2. The predicted molar refractivity (Wildman–Crippen MR) is 72.8 cm³/mol. The average molecular weight is 250 g/mol. The second-order valence-corrected chi connectivity index (χ2v) is 5.16. The Labute approximate surface area is 108 Å². The van der Waals surface area contributed by atoms with Crippen LogP contribution in [0, 0.1) is 5.92 Å². The molecule has 0 unspecified atom stereocenters. The van der Waals surface area contributed by atoms with Crippen LogP contribution in [0.15, 0.2) is 0 Å². The van der Waals surface area contributed by atoms with E-state index in [4.69, 9.17) is 10.5 Å². The number of anilines is 2. The third-order valence-corrected chi connectivity index (χ3v) is 2.75. The van der Waals surface area contributed by atoms with Crippen LogP contribution >= 0.6 is 0 Å². The van der Waals surface area contributed by atoms with E-state index in [1.54, 1.807) is 0 Å². The van der Waals surface area contributed by atoms with Gasteiger partial charge in [0.25, 0.3) is 0 Å². The highest BCUT2D eigenvalue weighted by atomic mass is 16.5. The fourth-order valence-electron chi connectivity index (χ4n) is 1.73. The molecule has 0 aliphatic heterocycles. The van der Waals surface area contributed by atoms with Crippen LogP contribution in [0.2, 0.25) is 0 Å². The second kappa shape index (κ2) is 5.42. The van der Waals surface area contributed by atoms with Gasteiger partial charge in [-0.25, -0.2) is 4.98 Å². The molecule has 3 N–H and O–H groups in total. The molecule has 5 heteroatoms. The van der Waals surface area contributed by atoms with Crippen LogP contribution in [0.4, 0.5) is 11.5 Å². The number of rotatable bonds is 6. The first-order chi connectivity index (χ1) is 8.60. The molecule has 1 aromatic rings. The molecule has 1 aromatic heterocycles. The Morgan fingerprint density at radius 2 is 2.11 bits per heavy atom. The van der Waals surface area contributed by atoms with E-state index in [1.165, 1.54) is 12.8 Å². The van der Waals surface area contributed by atoms with Crippen molar-refractivity contribution in [3.63, 3.8) is 0 Å². The van der Waals surface area contributed by atoms with Gasteiger partial charge in [0.2, 0.25) is 5.88 Å². The average Bonchev–Trinajstić information content (AvgIpc) is 3.08. The zero-order valence-electron chi connectivity index (χ0n) is 11.4. The van der Waals surface area contributed by atoms with E-state index >= 15 is 0 Å². The van der Waals surface area contributed by atoms with E-state index in [0.29, 0.717) is 30.1 Å². The maximum atomic E-state index is 6.03. The van der Waals surface area contributed by atoms with E-state index in [0.717, 1.165) is 18.1 Å². The summed E-state index contributed by atoms with van der Waals surface area (Å²) < 4.78 is 5.49. The highest BCUT2D eigenvalue weighted by Gasteiger charge is 2.24. The van der Waals surface area contributed by atoms with Crippen molar-refractivity contribution in [2.75, 3.05) is 17.7 Å². The maximum Gasteiger partial charge on any atom is 0.242 e. The van der Waals surface area contributed by atoms with Gasteiger partial charge >= 0.3 is 0 Å². The van der Waals surface area contributed by atoms with Crippen molar-refractivity contribution in [2.24, 2.45) is 5.92 Å². The maximum absolute atomic E-state index is 6.03. The summed E-state index contributed by atoms with van der Waals surface area (Å²) in [5.41, 5.74) is 6.56. The van der Waals surface area contributed by atoms with Crippen LogP contribution in [0.3, 0.4) is 0 Å². The lowest BCUT2D eigenvalue weighted by atomic mass is 10.1. The molecular formula is C13H22N4O. The Hall–Kier alpha value is -1.52. The molecular weight excluding hydrogens is 228 g/mol. The normalized spacial score (nSPS) is 14.9. The van der Waals surface area contributed by atoms with Crippen molar-refractivity contribution >= 4 is 11.5 Å². The van der Waals surface area contributed by atoms with Gasteiger partial charge in [0.1, 0.15) is 11.5 Å². The van der Waals surface area contributed by atoms with E-state index in [2.05, 4.69) is 29.1 Å². The SMILES string of the molecule is CCOc1nc(CC(C)C)nc(NC2CC2)c1N. The van der Waals surface area contributed by atoms with Gasteiger partial charge in [-0.3, -0.25) is 0 Å². The third-order valence-electron chi connectivity index (χ3n) is 2.75. The second-order valence-electron chi connectivity index (χ2n) is 5.16. The molecule has 1 aliphatic carbocycles. The van der Waals surface area contributed by atoms with Crippen LogP contribution in [0.5, 0.6) is 5.88 Å². The minimum absolute atomic E-state index is 0.506. The monoisotopic (exact) mass is 250 g/mol. The lowest BCUT2D eigenvalue weighted by molar-refractivity contribution is 0.326. The lowest BCUT2D eigenvalue weighted by Gasteiger charge is -2.14. The number of nitrogens with one attached hydrogen (secondary N) is 1. The molecule has 100 valence electrons. The standard InChI is InChI=1S/C13H22N4O/c1-4-18-13-11(14)12(15-9-5-6-9)16-10(17-13)7-8(2)3/h8-9H,4-7,14H2,1-3H3,(H,15,16,17). The van der Waals surface area contributed by atoms with Crippen LogP contribution in [0.1, 0.15) is 39.4 Å². The lowest BCUT2D eigenvalue weighted by Crippen LogP contribution is -2.13. The zero-order chi connectivity index (χ0) is 13.1. The highest BCUT2D eigenvalue weighted by molar-refractivity contribution is 5.67. The number of nitrogens with zero attached hydrogens (tertiary/aromatic N) is 2. The molecule has 2 rings (SSSR count). The van der Waals surface area contributed by atoms with E-state index in [1.807, 2.05) is 6.92 Å². The Kier molecular flexibility index (Phi) is 3.89. The summed E-state index contributed by atoms with van der Waals surface area (Å²) in [4.78, 5) is 8.90. The van der Waals surface area contributed by atoms with Crippen molar-refractivity contribution < 1.29 is 4.74 Å². The third kappa shape index (κ3) is 3.24. The first-order valence-corrected chi connectivity index (χ1v) is 6.65. The minimum atomic E-state index is 0.506. The fourth-order valence-corrected chi connectivity index (χ4v) is 1.73. The molecule has 1 aliphatic rings. The summed E-state index contributed by atoms with van der Waals surface area (Å²) >= 11 is 0. The van der Waals surface area contributed by atoms with Gasteiger partial charge in [-0.15, -0.1) is 0 Å². The van der Waals surface area contributed by atoms with Gasteiger partial charge in [-0.2, -0.15) is 4.98 Å². The summed E-state index contributed by atoms with van der Waals surface area (Å²) in [6.45, 7) is 6.78. The topological polar surface area (TPSA) is 73.1 Å². The molecule has 1 saturated carbocycles. The molecule has 0 atom stereocenters. The first kappa shape index (κ1) is 12.9. The number of nitrogen functional groups attached to an aromatic ring is 1. The smallest absolute Gasteiger partial charge is 0.242 e. The summed E-state index contributed by atoms with van der Waals surface area (Å²) in [5.74, 6) is 2.54. The number of ether oxygens (including phenoxy) is 1. The first-order valence-electron chi connectivity index (χ1n) is 6.65. The molecule has 5 nitrogen and oxygen atoms in total. The molecule has 0 amide bonds. The van der Waals surface area contributed by atoms with Gasteiger partial charge in [0, 0.05) is 12.5 Å². The zero-order valence-corrected chi connectivity index (χ0v) is 11.4. The molecule has 0 spiro atoms.